The third kappa shape index (κ3) is 2.79. The number of furan rings is 1. The topological polar surface area (TPSA) is 79.5 Å². The Morgan fingerprint density at radius 3 is 2.86 bits per heavy atom. The van der Waals surface area contributed by atoms with Gasteiger partial charge >= 0.3 is 0 Å². The second-order valence-electron chi connectivity index (χ2n) is 5.40. The van der Waals surface area contributed by atoms with E-state index < -0.39 is 15.6 Å². The summed E-state index contributed by atoms with van der Waals surface area (Å²) in [5.74, 6) is 0.714. The fourth-order valence-electron chi connectivity index (χ4n) is 2.76. The molecular weight excluding hydrogens is 326 g/mol. The van der Waals surface area contributed by atoms with E-state index in [-0.39, 0.29) is 16.5 Å². The fraction of sp³-hybridized carbons (Fsp3) is 0.333. The van der Waals surface area contributed by atoms with Crippen LogP contribution in [0.2, 0.25) is 5.02 Å². The minimum Gasteiger partial charge on any atom is -0.469 e. The zero-order chi connectivity index (χ0) is 15.8. The van der Waals surface area contributed by atoms with Gasteiger partial charge in [0.25, 0.3) is 0 Å². The molecule has 0 amide bonds. The molecule has 1 aromatic heterocycles. The van der Waals surface area contributed by atoms with Gasteiger partial charge in [0, 0.05) is 18.5 Å². The van der Waals surface area contributed by atoms with Crippen LogP contribution in [0.4, 0.5) is 0 Å². The normalized spacial score (nSPS) is 21.5. The Bertz CT molecular complexity index is 786. The predicted molar refractivity (Wildman–Crippen MR) is 82.2 cm³/mol. The van der Waals surface area contributed by atoms with Crippen LogP contribution in [0.5, 0.6) is 0 Å². The van der Waals surface area contributed by atoms with Gasteiger partial charge in [-0.3, -0.25) is 0 Å². The van der Waals surface area contributed by atoms with Gasteiger partial charge in [-0.25, -0.2) is 13.1 Å². The Kier molecular flexibility index (Phi) is 4.03. The number of rotatable bonds is 4. The number of hydrogen-bond acceptors (Lipinski definition) is 4. The van der Waals surface area contributed by atoms with Gasteiger partial charge in [-0.2, -0.15) is 0 Å². The molecule has 0 radical (unpaired) electrons. The Morgan fingerprint density at radius 2 is 2.09 bits per heavy atom. The van der Waals surface area contributed by atoms with Crippen LogP contribution in [-0.2, 0) is 22.0 Å². The second-order valence-corrected chi connectivity index (χ2v) is 7.54. The minimum absolute atomic E-state index is 0.00323. The SMILES string of the molecule is O=S(=O)(NCC1(O)CCCc2occc21)c1ccccc1Cl. The highest BCUT2D eigenvalue weighted by Crippen LogP contribution is 2.36. The molecule has 22 heavy (non-hydrogen) atoms. The van der Waals surface area contributed by atoms with Crippen LogP contribution in [-0.4, -0.2) is 20.1 Å². The van der Waals surface area contributed by atoms with Crippen molar-refractivity contribution in [2.24, 2.45) is 0 Å². The van der Waals surface area contributed by atoms with E-state index in [0.717, 1.165) is 12.8 Å². The molecule has 1 aliphatic rings. The molecule has 0 aliphatic heterocycles. The smallest absolute Gasteiger partial charge is 0.242 e. The van der Waals surface area contributed by atoms with Crippen LogP contribution in [0.1, 0.15) is 24.2 Å². The van der Waals surface area contributed by atoms with E-state index in [1.54, 1.807) is 18.2 Å². The zero-order valence-electron chi connectivity index (χ0n) is 11.8. The van der Waals surface area contributed by atoms with Crippen LogP contribution in [0.15, 0.2) is 45.9 Å². The maximum atomic E-state index is 12.4. The van der Waals surface area contributed by atoms with E-state index >= 15 is 0 Å². The first-order chi connectivity index (χ1) is 10.4. The monoisotopic (exact) mass is 341 g/mol. The first-order valence-corrected chi connectivity index (χ1v) is 8.82. The lowest BCUT2D eigenvalue weighted by molar-refractivity contribution is 0.0221. The molecule has 1 unspecified atom stereocenters. The summed E-state index contributed by atoms with van der Waals surface area (Å²) in [6.45, 7) is -0.118. The molecule has 0 saturated carbocycles. The maximum Gasteiger partial charge on any atom is 0.242 e. The van der Waals surface area contributed by atoms with Crippen molar-refractivity contribution in [3.05, 3.63) is 52.9 Å². The van der Waals surface area contributed by atoms with Crippen molar-refractivity contribution in [2.75, 3.05) is 6.54 Å². The van der Waals surface area contributed by atoms with Crippen LogP contribution < -0.4 is 4.72 Å². The summed E-state index contributed by atoms with van der Waals surface area (Å²) in [6.07, 6.45) is 3.49. The largest absolute Gasteiger partial charge is 0.469 e. The van der Waals surface area contributed by atoms with Crippen molar-refractivity contribution in [3.8, 4) is 0 Å². The summed E-state index contributed by atoms with van der Waals surface area (Å²) >= 11 is 5.93. The summed E-state index contributed by atoms with van der Waals surface area (Å²) in [4.78, 5) is 0.00323. The molecule has 0 saturated heterocycles. The lowest BCUT2D eigenvalue weighted by Gasteiger charge is -2.31. The van der Waals surface area contributed by atoms with Crippen molar-refractivity contribution >= 4 is 21.6 Å². The van der Waals surface area contributed by atoms with E-state index in [1.165, 1.54) is 18.4 Å². The molecule has 118 valence electrons. The first-order valence-electron chi connectivity index (χ1n) is 6.96. The molecule has 0 spiro atoms. The number of benzene rings is 1. The molecule has 2 N–H and O–H groups in total. The van der Waals surface area contributed by atoms with Gasteiger partial charge < -0.3 is 9.52 Å². The molecule has 1 atom stereocenters. The summed E-state index contributed by atoms with van der Waals surface area (Å²) in [7, 11) is -3.79. The van der Waals surface area contributed by atoms with Crippen LogP contribution >= 0.6 is 11.6 Å². The van der Waals surface area contributed by atoms with Crippen LogP contribution in [0.25, 0.3) is 0 Å². The number of sulfonamides is 1. The molecule has 1 aromatic carbocycles. The number of fused-ring (bicyclic) bond motifs is 1. The molecule has 7 heteroatoms. The molecule has 3 rings (SSSR count). The number of aliphatic hydroxyl groups is 1. The third-order valence-corrected chi connectivity index (χ3v) is 5.82. The summed E-state index contributed by atoms with van der Waals surface area (Å²) in [5.41, 5.74) is -0.602. The quantitative estimate of drug-likeness (QED) is 0.895. The van der Waals surface area contributed by atoms with Crippen molar-refractivity contribution in [1.82, 2.24) is 4.72 Å². The van der Waals surface area contributed by atoms with Crippen molar-refractivity contribution < 1.29 is 17.9 Å². The van der Waals surface area contributed by atoms with Gasteiger partial charge in [0.1, 0.15) is 16.3 Å². The van der Waals surface area contributed by atoms with Crippen molar-refractivity contribution in [3.63, 3.8) is 0 Å². The molecule has 1 aliphatic carbocycles. The molecule has 0 bridgehead atoms. The average Bonchev–Trinajstić information content (AvgIpc) is 2.96. The Hall–Kier alpha value is -1.34. The van der Waals surface area contributed by atoms with Crippen LogP contribution in [0, 0.1) is 0 Å². The molecular formula is C15H16ClNO4S. The summed E-state index contributed by atoms with van der Waals surface area (Å²) < 4.78 is 32.5. The minimum atomic E-state index is -3.79. The van der Waals surface area contributed by atoms with Crippen molar-refractivity contribution in [1.29, 1.82) is 0 Å². The van der Waals surface area contributed by atoms with Gasteiger partial charge in [-0.05, 0) is 31.0 Å². The predicted octanol–water partition coefficient (Wildman–Crippen LogP) is 2.44. The van der Waals surface area contributed by atoms with E-state index in [1.807, 2.05) is 0 Å². The highest BCUT2D eigenvalue weighted by atomic mass is 35.5. The number of hydrogen-bond donors (Lipinski definition) is 2. The second kappa shape index (κ2) is 5.70. The Morgan fingerprint density at radius 1 is 1.32 bits per heavy atom. The highest BCUT2D eigenvalue weighted by molar-refractivity contribution is 7.89. The number of aryl methyl sites for hydroxylation is 1. The zero-order valence-corrected chi connectivity index (χ0v) is 13.3. The third-order valence-electron chi connectivity index (χ3n) is 3.92. The van der Waals surface area contributed by atoms with Gasteiger partial charge in [-0.1, -0.05) is 23.7 Å². The van der Waals surface area contributed by atoms with E-state index in [0.29, 0.717) is 17.7 Å². The highest BCUT2D eigenvalue weighted by Gasteiger charge is 2.37. The molecule has 2 aromatic rings. The van der Waals surface area contributed by atoms with E-state index in [2.05, 4.69) is 4.72 Å². The first kappa shape index (κ1) is 15.6. The average molecular weight is 342 g/mol. The van der Waals surface area contributed by atoms with E-state index in [4.69, 9.17) is 16.0 Å². The molecule has 0 fully saturated rings. The lowest BCUT2D eigenvalue weighted by atomic mass is 9.83. The fourth-order valence-corrected chi connectivity index (χ4v) is 4.37. The number of halogens is 1. The molecule has 5 nitrogen and oxygen atoms in total. The maximum absolute atomic E-state index is 12.4. The van der Waals surface area contributed by atoms with Crippen molar-refractivity contribution in [2.45, 2.75) is 29.8 Å². The van der Waals surface area contributed by atoms with E-state index in [9.17, 15) is 13.5 Å². The summed E-state index contributed by atoms with van der Waals surface area (Å²) in [5, 5.41) is 10.9. The van der Waals surface area contributed by atoms with Gasteiger partial charge in [0.15, 0.2) is 0 Å². The summed E-state index contributed by atoms with van der Waals surface area (Å²) in [6, 6.07) is 7.90. The van der Waals surface area contributed by atoms with Gasteiger partial charge in [0.05, 0.1) is 11.3 Å². The van der Waals surface area contributed by atoms with Gasteiger partial charge in [0.2, 0.25) is 10.0 Å². The lowest BCUT2D eigenvalue weighted by Crippen LogP contribution is -2.42. The van der Waals surface area contributed by atoms with Gasteiger partial charge in [-0.15, -0.1) is 0 Å². The Labute approximate surface area is 134 Å². The molecule has 1 heterocycles. The van der Waals surface area contributed by atoms with Crippen LogP contribution in [0.3, 0.4) is 0 Å². The Balaban J connectivity index is 1.83. The standard InChI is InChI=1S/C15H16ClNO4S/c16-12-4-1-2-6-14(12)22(19,20)17-10-15(18)8-3-5-13-11(15)7-9-21-13/h1-2,4,6-7,9,17-18H,3,5,8,10H2. The number of nitrogens with one attached hydrogen (secondary N) is 1.